The third-order valence-electron chi connectivity index (χ3n) is 5.05. The summed E-state index contributed by atoms with van der Waals surface area (Å²) in [4.78, 5) is 0. The number of aromatic nitrogens is 1. The first-order chi connectivity index (χ1) is 9.18. The molecular formula is C16H26N2O. The summed E-state index contributed by atoms with van der Waals surface area (Å²) in [5, 5.41) is 0. The fourth-order valence-electron chi connectivity index (χ4n) is 3.94. The highest BCUT2D eigenvalue weighted by molar-refractivity contribution is 5.33. The molecule has 106 valence electrons. The van der Waals surface area contributed by atoms with Gasteiger partial charge in [-0.05, 0) is 63.5 Å². The third kappa shape index (κ3) is 2.34. The van der Waals surface area contributed by atoms with Gasteiger partial charge in [0.05, 0.1) is 0 Å². The Morgan fingerprint density at radius 1 is 1.32 bits per heavy atom. The topological polar surface area (TPSA) is 40.2 Å². The molecule has 1 fully saturated rings. The molecule has 0 spiro atoms. The molecule has 0 saturated carbocycles. The zero-order valence-corrected chi connectivity index (χ0v) is 12.2. The van der Waals surface area contributed by atoms with E-state index in [1.54, 1.807) is 0 Å². The van der Waals surface area contributed by atoms with Crippen LogP contribution in [0.1, 0.15) is 61.6 Å². The summed E-state index contributed by atoms with van der Waals surface area (Å²) < 4.78 is 8.07. The Balaban J connectivity index is 1.91. The fraction of sp³-hybridized carbons (Fsp3) is 0.750. The normalized spacial score (nSPS) is 26.2. The SMILES string of the molecule is Cc1cc2c(n1C(C)C1CCOCC1)CCCC2N. The van der Waals surface area contributed by atoms with Crippen molar-refractivity contribution >= 4 is 0 Å². The lowest BCUT2D eigenvalue weighted by atomic mass is 9.90. The van der Waals surface area contributed by atoms with Crippen molar-refractivity contribution in [2.24, 2.45) is 11.7 Å². The molecule has 0 bridgehead atoms. The predicted molar refractivity (Wildman–Crippen MR) is 77.3 cm³/mol. The molecular weight excluding hydrogens is 236 g/mol. The minimum atomic E-state index is 0.255. The zero-order valence-electron chi connectivity index (χ0n) is 12.2. The lowest BCUT2D eigenvalue weighted by molar-refractivity contribution is 0.0507. The van der Waals surface area contributed by atoms with Gasteiger partial charge in [-0.3, -0.25) is 0 Å². The largest absolute Gasteiger partial charge is 0.381 e. The molecule has 1 aliphatic carbocycles. The van der Waals surface area contributed by atoms with Crippen molar-refractivity contribution in [1.82, 2.24) is 4.57 Å². The smallest absolute Gasteiger partial charge is 0.0469 e. The monoisotopic (exact) mass is 262 g/mol. The quantitative estimate of drug-likeness (QED) is 0.889. The fourth-order valence-corrected chi connectivity index (χ4v) is 3.94. The molecule has 1 aliphatic heterocycles. The average molecular weight is 262 g/mol. The number of hydrogen-bond acceptors (Lipinski definition) is 2. The first-order valence-corrected chi connectivity index (χ1v) is 7.72. The van der Waals surface area contributed by atoms with Crippen LogP contribution in [0.15, 0.2) is 6.07 Å². The van der Waals surface area contributed by atoms with E-state index in [1.807, 2.05) is 0 Å². The van der Waals surface area contributed by atoms with Crippen molar-refractivity contribution in [3.05, 3.63) is 23.0 Å². The summed E-state index contributed by atoms with van der Waals surface area (Å²) in [6.07, 6.45) is 5.96. The Labute approximate surface area is 116 Å². The molecule has 2 atom stereocenters. The van der Waals surface area contributed by atoms with E-state index in [4.69, 9.17) is 10.5 Å². The van der Waals surface area contributed by atoms with Crippen molar-refractivity contribution in [1.29, 1.82) is 0 Å². The Hall–Kier alpha value is -0.800. The summed E-state index contributed by atoms with van der Waals surface area (Å²) in [7, 11) is 0. The first-order valence-electron chi connectivity index (χ1n) is 7.72. The molecule has 0 radical (unpaired) electrons. The van der Waals surface area contributed by atoms with Gasteiger partial charge in [0.25, 0.3) is 0 Å². The Bertz CT molecular complexity index is 446. The summed E-state index contributed by atoms with van der Waals surface area (Å²) in [5.41, 5.74) is 10.6. The maximum absolute atomic E-state index is 6.27. The second-order valence-corrected chi connectivity index (χ2v) is 6.25. The Morgan fingerprint density at radius 2 is 2.05 bits per heavy atom. The van der Waals surface area contributed by atoms with Crippen LogP contribution in [0.25, 0.3) is 0 Å². The zero-order chi connectivity index (χ0) is 13.4. The first kappa shape index (κ1) is 13.2. The molecule has 1 saturated heterocycles. The van der Waals surface area contributed by atoms with Crippen LogP contribution in [-0.4, -0.2) is 17.8 Å². The van der Waals surface area contributed by atoms with Gasteiger partial charge in [-0.1, -0.05) is 0 Å². The highest BCUT2D eigenvalue weighted by atomic mass is 16.5. The number of nitrogens with two attached hydrogens (primary N) is 1. The van der Waals surface area contributed by atoms with E-state index in [0.29, 0.717) is 6.04 Å². The van der Waals surface area contributed by atoms with Gasteiger partial charge < -0.3 is 15.0 Å². The van der Waals surface area contributed by atoms with Crippen LogP contribution in [0.2, 0.25) is 0 Å². The number of hydrogen-bond donors (Lipinski definition) is 1. The molecule has 1 aromatic rings. The molecule has 3 nitrogen and oxygen atoms in total. The second kappa shape index (κ2) is 5.29. The molecule has 2 N–H and O–H groups in total. The van der Waals surface area contributed by atoms with Crippen molar-refractivity contribution in [2.75, 3.05) is 13.2 Å². The van der Waals surface area contributed by atoms with E-state index in [-0.39, 0.29) is 6.04 Å². The maximum atomic E-state index is 6.27. The van der Waals surface area contributed by atoms with Crippen LogP contribution in [-0.2, 0) is 11.2 Å². The molecule has 0 amide bonds. The number of ether oxygens (including phenoxy) is 1. The van der Waals surface area contributed by atoms with Crippen LogP contribution in [0.3, 0.4) is 0 Å². The molecule has 19 heavy (non-hydrogen) atoms. The lowest BCUT2D eigenvalue weighted by Gasteiger charge is -2.32. The maximum Gasteiger partial charge on any atom is 0.0469 e. The van der Waals surface area contributed by atoms with E-state index in [9.17, 15) is 0 Å². The number of nitrogens with zero attached hydrogens (tertiary/aromatic N) is 1. The number of rotatable bonds is 2. The van der Waals surface area contributed by atoms with E-state index >= 15 is 0 Å². The van der Waals surface area contributed by atoms with Gasteiger partial charge in [0.15, 0.2) is 0 Å². The van der Waals surface area contributed by atoms with Crippen LogP contribution >= 0.6 is 0 Å². The minimum Gasteiger partial charge on any atom is -0.381 e. The molecule has 0 aromatic carbocycles. The molecule has 3 heteroatoms. The predicted octanol–water partition coefficient (Wildman–Crippen LogP) is 3.12. The molecule has 2 aliphatic rings. The summed E-state index contributed by atoms with van der Waals surface area (Å²) in [5.74, 6) is 0.752. The Morgan fingerprint density at radius 3 is 2.79 bits per heavy atom. The van der Waals surface area contributed by atoms with Gasteiger partial charge in [0.1, 0.15) is 0 Å². The molecule has 2 heterocycles. The van der Waals surface area contributed by atoms with Crippen molar-refractivity contribution in [3.8, 4) is 0 Å². The lowest BCUT2D eigenvalue weighted by Crippen LogP contribution is -2.27. The summed E-state index contributed by atoms with van der Waals surface area (Å²) in [6.45, 7) is 6.47. The molecule has 2 unspecified atom stereocenters. The summed E-state index contributed by atoms with van der Waals surface area (Å²) in [6, 6.07) is 3.16. The third-order valence-corrected chi connectivity index (χ3v) is 5.05. The minimum absolute atomic E-state index is 0.255. The van der Waals surface area contributed by atoms with Gasteiger partial charge in [-0.15, -0.1) is 0 Å². The van der Waals surface area contributed by atoms with Crippen molar-refractivity contribution in [3.63, 3.8) is 0 Å². The average Bonchev–Trinajstić information content (AvgIpc) is 2.77. The van der Waals surface area contributed by atoms with Crippen LogP contribution in [0.5, 0.6) is 0 Å². The number of fused-ring (bicyclic) bond motifs is 1. The highest BCUT2D eigenvalue weighted by Crippen LogP contribution is 2.36. The van der Waals surface area contributed by atoms with Crippen LogP contribution in [0, 0.1) is 12.8 Å². The van der Waals surface area contributed by atoms with Crippen LogP contribution < -0.4 is 5.73 Å². The van der Waals surface area contributed by atoms with Gasteiger partial charge in [-0.2, -0.15) is 0 Å². The van der Waals surface area contributed by atoms with E-state index in [2.05, 4.69) is 24.5 Å². The standard InChI is InChI=1S/C16H26N2O/c1-11-10-14-15(17)4-3-5-16(14)18(11)12(2)13-6-8-19-9-7-13/h10,12-13,15H,3-9,17H2,1-2H3. The summed E-state index contributed by atoms with van der Waals surface area (Å²) >= 11 is 0. The van der Waals surface area contributed by atoms with E-state index < -0.39 is 0 Å². The second-order valence-electron chi connectivity index (χ2n) is 6.25. The van der Waals surface area contributed by atoms with Gasteiger partial charge in [-0.25, -0.2) is 0 Å². The van der Waals surface area contributed by atoms with Crippen molar-refractivity contribution < 1.29 is 4.74 Å². The Kier molecular flexibility index (Phi) is 3.68. The highest BCUT2D eigenvalue weighted by Gasteiger charge is 2.28. The number of aryl methyl sites for hydroxylation is 1. The van der Waals surface area contributed by atoms with E-state index in [1.165, 1.54) is 42.6 Å². The van der Waals surface area contributed by atoms with Gasteiger partial charge >= 0.3 is 0 Å². The van der Waals surface area contributed by atoms with E-state index in [0.717, 1.165) is 25.6 Å². The van der Waals surface area contributed by atoms with Gasteiger partial charge in [0.2, 0.25) is 0 Å². The van der Waals surface area contributed by atoms with Crippen molar-refractivity contribution in [2.45, 2.75) is 58.0 Å². The van der Waals surface area contributed by atoms with Crippen LogP contribution in [0.4, 0.5) is 0 Å². The molecule has 3 rings (SSSR count). The molecule has 1 aromatic heterocycles. The van der Waals surface area contributed by atoms with Gasteiger partial charge in [0, 0.05) is 36.7 Å².